The summed E-state index contributed by atoms with van der Waals surface area (Å²) in [7, 11) is 5.41. The molecule has 1 N–H and O–H groups in total. The second-order valence-corrected chi connectivity index (χ2v) is 10.8. The minimum Gasteiger partial charge on any atom is -0.496 e. The fourth-order valence-electron chi connectivity index (χ4n) is 5.09. The van der Waals surface area contributed by atoms with E-state index in [0.717, 1.165) is 5.69 Å². The summed E-state index contributed by atoms with van der Waals surface area (Å²) in [5, 5.41) is 7.41. The summed E-state index contributed by atoms with van der Waals surface area (Å²) in [4.78, 5) is 44.3. The van der Waals surface area contributed by atoms with Crippen LogP contribution in [0, 0.1) is 6.92 Å². The highest BCUT2D eigenvalue weighted by Gasteiger charge is 2.30. The third-order valence-corrected chi connectivity index (χ3v) is 7.79. The number of carbonyl (C=O) groups excluding carboxylic acids is 3. The van der Waals surface area contributed by atoms with Crippen molar-refractivity contribution < 1.29 is 23.6 Å². The Kier molecular flexibility index (Phi) is 8.68. The van der Waals surface area contributed by atoms with Gasteiger partial charge in [0, 0.05) is 62.7 Å². The number of benzene rings is 3. The number of piperazine rings is 1. The monoisotopic (exact) mass is 601 g/mol. The van der Waals surface area contributed by atoms with Gasteiger partial charge in [-0.25, -0.2) is 0 Å². The molecule has 43 heavy (non-hydrogen) atoms. The lowest BCUT2D eigenvalue weighted by molar-refractivity contribution is 0.0745. The van der Waals surface area contributed by atoms with Crippen molar-refractivity contribution in [3.05, 3.63) is 88.1 Å². The summed E-state index contributed by atoms with van der Waals surface area (Å²) in [5.41, 5.74) is 4.22. The van der Waals surface area contributed by atoms with Gasteiger partial charge in [0.05, 0.1) is 23.5 Å². The molecule has 0 radical (unpaired) electrons. The molecule has 0 atom stereocenters. The van der Waals surface area contributed by atoms with Gasteiger partial charge in [0.2, 0.25) is 0 Å². The van der Waals surface area contributed by atoms with E-state index in [1.807, 2.05) is 60.3 Å². The number of halogens is 1. The molecule has 3 aromatic carbocycles. The number of para-hydroxylation sites is 1. The number of aryl methyl sites for hydroxylation is 1. The van der Waals surface area contributed by atoms with Crippen LogP contribution in [0.5, 0.6) is 5.75 Å². The van der Waals surface area contributed by atoms with E-state index in [0.29, 0.717) is 82.8 Å². The van der Waals surface area contributed by atoms with Gasteiger partial charge >= 0.3 is 0 Å². The first-order valence-electron chi connectivity index (χ1n) is 13.7. The Hall–Kier alpha value is -4.83. The number of hydrogen-bond acceptors (Lipinski definition) is 8. The third-order valence-electron chi connectivity index (χ3n) is 7.49. The van der Waals surface area contributed by atoms with Gasteiger partial charge in [-0.1, -0.05) is 28.9 Å². The van der Waals surface area contributed by atoms with Crippen molar-refractivity contribution in [1.82, 2.24) is 10.1 Å². The largest absolute Gasteiger partial charge is 0.496 e. The Labute approximate surface area is 254 Å². The molecular weight excluding hydrogens is 570 g/mol. The molecule has 2 heterocycles. The predicted octanol–water partition coefficient (Wildman–Crippen LogP) is 5.41. The van der Waals surface area contributed by atoms with E-state index in [1.165, 1.54) is 0 Å². The Bertz CT molecular complexity index is 1660. The maximum absolute atomic E-state index is 13.7. The van der Waals surface area contributed by atoms with Crippen molar-refractivity contribution in [3.8, 4) is 17.0 Å². The van der Waals surface area contributed by atoms with Crippen molar-refractivity contribution in [2.24, 2.45) is 0 Å². The average Bonchev–Trinajstić information content (AvgIpc) is 3.42. The number of anilines is 3. The van der Waals surface area contributed by atoms with Gasteiger partial charge in [-0.05, 0) is 55.5 Å². The number of methoxy groups -OCH3 is 1. The van der Waals surface area contributed by atoms with E-state index < -0.39 is 0 Å². The SMILES string of the molecule is COc1ccccc1-c1noc(C)c1C(=O)N1CCN(c2cc(NC(=O)c3ccc(N(C)C)cc3)c(C=O)cc2Cl)CC1. The molecule has 0 spiro atoms. The number of aldehydes is 1. The first-order chi connectivity index (χ1) is 20.7. The van der Waals surface area contributed by atoms with Crippen molar-refractivity contribution in [2.75, 3.05) is 62.5 Å². The van der Waals surface area contributed by atoms with Crippen LogP contribution in [0.25, 0.3) is 11.3 Å². The zero-order valence-corrected chi connectivity index (χ0v) is 25.1. The van der Waals surface area contributed by atoms with E-state index in [2.05, 4.69) is 10.5 Å². The molecule has 4 aromatic rings. The first-order valence-corrected chi connectivity index (χ1v) is 14.1. The molecule has 0 saturated carbocycles. The van der Waals surface area contributed by atoms with Gasteiger partial charge in [0.25, 0.3) is 11.8 Å². The van der Waals surface area contributed by atoms with Crippen LogP contribution in [-0.2, 0) is 0 Å². The third kappa shape index (κ3) is 6.05. The Morgan fingerprint density at radius 3 is 2.40 bits per heavy atom. The normalized spacial score (nSPS) is 13.0. The lowest BCUT2D eigenvalue weighted by Gasteiger charge is -2.36. The minimum absolute atomic E-state index is 0.185. The standard InChI is InChI=1S/C32H32ClN5O5/c1-20-29(30(35-43-20)24-7-5-6-8-28(24)42-4)32(41)38-15-13-37(14-16-38)27-18-26(22(19-39)17-25(27)33)34-31(40)21-9-11-23(12-10-21)36(2)3/h5-12,17-19H,13-16H2,1-4H3,(H,34,40). The van der Waals surface area contributed by atoms with Crippen LogP contribution in [0.4, 0.5) is 17.1 Å². The Morgan fingerprint density at radius 1 is 1.05 bits per heavy atom. The maximum atomic E-state index is 13.7. The van der Waals surface area contributed by atoms with Gasteiger partial charge in [0.15, 0.2) is 6.29 Å². The van der Waals surface area contributed by atoms with E-state index in [1.54, 1.807) is 43.2 Å². The van der Waals surface area contributed by atoms with Crippen LogP contribution in [-0.4, -0.2) is 75.5 Å². The highest BCUT2D eigenvalue weighted by molar-refractivity contribution is 6.34. The van der Waals surface area contributed by atoms with Crippen LogP contribution in [0.15, 0.2) is 65.2 Å². The summed E-state index contributed by atoms with van der Waals surface area (Å²) >= 11 is 6.60. The van der Waals surface area contributed by atoms with Crippen LogP contribution in [0.2, 0.25) is 5.02 Å². The molecule has 1 fully saturated rings. The minimum atomic E-state index is -0.341. The maximum Gasteiger partial charge on any atom is 0.259 e. The smallest absolute Gasteiger partial charge is 0.259 e. The molecule has 2 amide bonds. The van der Waals surface area contributed by atoms with Gasteiger partial charge in [-0.2, -0.15) is 0 Å². The molecular formula is C32H32ClN5O5. The van der Waals surface area contributed by atoms with Crippen LogP contribution in [0.3, 0.4) is 0 Å². The highest BCUT2D eigenvalue weighted by atomic mass is 35.5. The van der Waals surface area contributed by atoms with E-state index in [-0.39, 0.29) is 17.4 Å². The van der Waals surface area contributed by atoms with Crippen LogP contribution in [0.1, 0.15) is 36.8 Å². The van der Waals surface area contributed by atoms with E-state index >= 15 is 0 Å². The van der Waals surface area contributed by atoms with Gasteiger partial charge in [0.1, 0.15) is 22.8 Å². The number of aromatic nitrogens is 1. The molecule has 11 heteroatoms. The lowest BCUT2D eigenvalue weighted by atomic mass is 10.0. The topological polar surface area (TPSA) is 108 Å². The zero-order chi connectivity index (χ0) is 30.7. The van der Waals surface area contributed by atoms with Crippen molar-refractivity contribution in [2.45, 2.75) is 6.92 Å². The van der Waals surface area contributed by atoms with Gasteiger partial charge in [-0.15, -0.1) is 0 Å². The summed E-state index contributed by atoms with van der Waals surface area (Å²) in [6.45, 7) is 3.52. The lowest BCUT2D eigenvalue weighted by Crippen LogP contribution is -2.49. The van der Waals surface area contributed by atoms with Crippen molar-refractivity contribution >= 4 is 46.8 Å². The quantitative estimate of drug-likeness (QED) is 0.267. The van der Waals surface area contributed by atoms with Gasteiger partial charge in [-0.3, -0.25) is 14.4 Å². The van der Waals surface area contributed by atoms with Gasteiger partial charge < -0.3 is 29.3 Å². The number of rotatable bonds is 8. The fraction of sp³-hybridized carbons (Fsp3) is 0.250. The summed E-state index contributed by atoms with van der Waals surface area (Å²) in [5.74, 6) is 0.496. The van der Waals surface area contributed by atoms with Crippen LogP contribution >= 0.6 is 11.6 Å². The van der Waals surface area contributed by atoms with E-state index in [4.69, 9.17) is 20.9 Å². The number of hydrogen-bond donors (Lipinski definition) is 1. The molecule has 10 nitrogen and oxygen atoms in total. The molecule has 0 bridgehead atoms. The van der Waals surface area contributed by atoms with E-state index in [9.17, 15) is 14.4 Å². The molecule has 1 aliphatic rings. The number of nitrogens with one attached hydrogen (secondary N) is 1. The molecule has 5 rings (SSSR count). The predicted molar refractivity (Wildman–Crippen MR) is 167 cm³/mol. The summed E-state index contributed by atoms with van der Waals surface area (Å²) in [6, 6.07) is 17.8. The zero-order valence-electron chi connectivity index (χ0n) is 24.4. The summed E-state index contributed by atoms with van der Waals surface area (Å²) < 4.78 is 10.9. The second kappa shape index (κ2) is 12.6. The molecule has 0 aliphatic carbocycles. The molecule has 1 aromatic heterocycles. The number of carbonyl (C=O) groups is 3. The van der Waals surface area contributed by atoms with Crippen LogP contribution < -0.4 is 19.9 Å². The highest BCUT2D eigenvalue weighted by Crippen LogP contribution is 2.35. The Morgan fingerprint density at radius 2 is 1.74 bits per heavy atom. The average molecular weight is 602 g/mol. The molecule has 0 unspecified atom stereocenters. The molecule has 222 valence electrons. The fourth-order valence-corrected chi connectivity index (χ4v) is 5.38. The molecule has 1 aliphatic heterocycles. The molecule has 1 saturated heterocycles. The number of ether oxygens (including phenoxy) is 1. The number of amides is 2. The first kappa shape index (κ1) is 29.7. The van der Waals surface area contributed by atoms with Crippen molar-refractivity contribution in [3.63, 3.8) is 0 Å². The second-order valence-electron chi connectivity index (χ2n) is 10.3. The summed E-state index contributed by atoms with van der Waals surface area (Å²) in [6.07, 6.45) is 0.664. The Balaban J connectivity index is 1.32. The number of nitrogens with zero attached hydrogens (tertiary/aromatic N) is 4. The van der Waals surface area contributed by atoms with Crippen molar-refractivity contribution in [1.29, 1.82) is 0 Å².